The van der Waals surface area contributed by atoms with E-state index in [4.69, 9.17) is 4.74 Å². The van der Waals surface area contributed by atoms with Crippen LogP contribution in [0.15, 0.2) is 12.1 Å². The zero-order chi connectivity index (χ0) is 14.0. The topological polar surface area (TPSA) is 32.7 Å². The van der Waals surface area contributed by atoms with Crippen LogP contribution in [-0.4, -0.2) is 31.4 Å². The van der Waals surface area contributed by atoms with Crippen LogP contribution in [0.1, 0.15) is 37.0 Å². The molecule has 106 valence electrons. The number of aliphatic hydroxyl groups excluding tert-OH is 1. The van der Waals surface area contributed by atoms with Gasteiger partial charge in [0.25, 0.3) is 0 Å². The highest BCUT2D eigenvalue weighted by Crippen LogP contribution is 2.31. The smallest absolute Gasteiger partial charge is 0.126 e. The van der Waals surface area contributed by atoms with E-state index in [-0.39, 0.29) is 5.82 Å². The molecule has 3 nitrogen and oxygen atoms in total. The molecule has 1 aromatic rings. The quantitative estimate of drug-likeness (QED) is 0.914. The molecule has 1 aromatic carbocycles. The van der Waals surface area contributed by atoms with Crippen molar-refractivity contribution in [2.75, 3.05) is 25.2 Å². The summed E-state index contributed by atoms with van der Waals surface area (Å²) >= 11 is 0. The number of aryl methyl sites for hydroxylation is 1. The van der Waals surface area contributed by atoms with Gasteiger partial charge in [-0.1, -0.05) is 0 Å². The van der Waals surface area contributed by atoms with Gasteiger partial charge in [0.15, 0.2) is 0 Å². The maximum absolute atomic E-state index is 13.7. The van der Waals surface area contributed by atoms with E-state index in [9.17, 15) is 9.50 Å². The average Bonchev–Trinajstić information content (AvgIpc) is 2.41. The van der Waals surface area contributed by atoms with Gasteiger partial charge in [0.2, 0.25) is 0 Å². The van der Waals surface area contributed by atoms with Gasteiger partial charge in [-0.25, -0.2) is 4.39 Å². The minimum absolute atomic E-state index is 0.264. The molecular weight excluding hydrogens is 245 g/mol. The third kappa shape index (κ3) is 3.07. The van der Waals surface area contributed by atoms with Crippen molar-refractivity contribution in [2.24, 2.45) is 0 Å². The fourth-order valence-corrected chi connectivity index (χ4v) is 2.59. The van der Waals surface area contributed by atoms with Crippen LogP contribution in [-0.2, 0) is 4.74 Å². The van der Waals surface area contributed by atoms with Crippen molar-refractivity contribution in [1.82, 2.24) is 0 Å². The molecule has 0 spiro atoms. The normalized spacial score (nSPS) is 18.4. The van der Waals surface area contributed by atoms with Gasteiger partial charge >= 0.3 is 0 Å². The van der Waals surface area contributed by atoms with Gasteiger partial charge in [-0.2, -0.15) is 0 Å². The Kier molecular flexibility index (Phi) is 4.42. The molecule has 1 saturated heterocycles. The predicted molar refractivity (Wildman–Crippen MR) is 74.0 cm³/mol. The summed E-state index contributed by atoms with van der Waals surface area (Å²) in [7, 11) is 2.01. The van der Waals surface area contributed by atoms with Crippen LogP contribution >= 0.6 is 0 Å². The van der Waals surface area contributed by atoms with E-state index in [0.717, 1.165) is 31.7 Å². The molecule has 0 aliphatic carbocycles. The summed E-state index contributed by atoms with van der Waals surface area (Å²) in [6, 6.07) is 3.66. The highest BCUT2D eigenvalue weighted by molar-refractivity contribution is 5.57. The van der Waals surface area contributed by atoms with E-state index in [1.54, 1.807) is 13.8 Å². The molecule has 1 unspecified atom stereocenters. The fourth-order valence-electron chi connectivity index (χ4n) is 2.59. The van der Waals surface area contributed by atoms with E-state index in [1.807, 2.05) is 13.1 Å². The second-order valence-corrected chi connectivity index (χ2v) is 5.29. The SMILES string of the molecule is Cc1cc(N(C)C2CCOCC2)c(C(C)O)cc1F. The number of aliphatic hydroxyl groups is 1. The number of ether oxygens (including phenoxy) is 1. The molecule has 0 radical (unpaired) electrons. The van der Waals surface area contributed by atoms with Gasteiger partial charge in [-0.05, 0) is 44.4 Å². The van der Waals surface area contributed by atoms with Crippen LogP contribution in [0.5, 0.6) is 0 Å². The van der Waals surface area contributed by atoms with Gasteiger partial charge < -0.3 is 14.7 Å². The number of benzene rings is 1. The Morgan fingerprint density at radius 1 is 1.37 bits per heavy atom. The monoisotopic (exact) mass is 267 g/mol. The van der Waals surface area contributed by atoms with Crippen LogP contribution in [0.25, 0.3) is 0 Å². The molecule has 1 fully saturated rings. The minimum Gasteiger partial charge on any atom is -0.389 e. The molecule has 1 aliphatic rings. The third-order valence-corrected chi connectivity index (χ3v) is 3.88. The first-order valence-corrected chi connectivity index (χ1v) is 6.79. The largest absolute Gasteiger partial charge is 0.389 e. The number of halogens is 1. The van der Waals surface area contributed by atoms with Gasteiger partial charge in [0.05, 0.1) is 6.10 Å². The highest BCUT2D eigenvalue weighted by atomic mass is 19.1. The Bertz CT molecular complexity index is 442. The van der Waals surface area contributed by atoms with Crippen molar-refractivity contribution in [1.29, 1.82) is 0 Å². The summed E-state index contributed by atoms with van der Waals surface area (Å²) in [5.41, 5.74) is 2.18. The van der Waals surface area contributed by atoms with E-state index in [2.05, 4.69) is 4.90 Å². The summed E-state index contributed by atoms with van der Waals surface area (Å²) in [5, 5.41) is 9.85. The van der Waals surface area contributed by atoms with Crippen LogP contribution in [0.3, 0.4) is 0 Å². The lowest BCUT2D eigenvalue weighted by molar-refractivity contribution is 0.0853. The molecule has 0 aromatic heterocycles. The van der Waals surface area contributed by atoms with Crippen molar-refractivity contribution >= 4 is 5.69 Å². The van der Waals surface area contributed by atoms with Crippen LogP contribution < -0.4 is 4.90 Å². The lowest BCUT2D eigenvalue weighted by Crippen LogP contribution is -2.37. The predicted octanol–water partition coefficient (Wildman–Crippen LogP) is 2.80. The Hall–Kier alpha value is -1.13. The second kappa shape index (κ2) is 5.88. The van der Waals surface area contributed by atoms with E-state index >= 15 is 0 Å². The van der Waals surface area contributed by atoms with Crippen molar-refractivity contribution in [3.63, 3.8) is 0 Å². The average molecular weight is 267 g/mol. The number of anilines is 1. The summed E-state index contributed by atoms with van der Waals surface area (Å²) in [5.74, 6) is -0.264. The van der Waals surface area contributed by atoms with Crippen molar-refractivity contribution in [3.8, 4) is 0 Å². The van der Waals surface area contributed by atoms with Crippen molar-refractivity contribution in [3.05, 3.63) is 29.1 Å². The molecule has 19 heavy (non-hydrogen) atoms. The molecule has 0 saturated carbocycles. The Balaban J connectivity index is 2.33. The third-order valence-electron chi connectivity index (χ3n) is 3.88. The first-order valence-electron chi connectivity index (χ1n) is 6.79. The molecule has 1 N–H and O–H groups in total. The minimum atomic E-state index is -0.674. The Labute approximate surface area is 114 Å². The number of rotatable bonds is 3. The van der Waals surface area contributed by atoms with Gasteiger partial charge in [0, 0.05) is 37.6 Å². The zero-order valence-electron chi connectivity index (χ0n) is 11.8. The van der Waals surface area contributed by atoms with Gasteiger partial charge in [-0.3, -0.25) is 0 Å². The van der Waals surface area contributed by atoms with E-state index in [1.165, 1.54) is 6.07 Å². The maximum atomic E-state index is 13.7. The lowest BCUT2D eigenvalue weighted by Gasteiger charge is -2.34. The molecule has 0 amide bonds. The molecule has 2 rings (SSSR count). The molecular formula is C15H22FNO2. The highest BCUT2D eigenvalue weighted by Gasteiger charge is 2.22. The summed E-state index contributed by atoms with van der Waals surface area (Å²) in [6.07, 6.45) is 1.26. The lowest BCUT2D eigenvalue weighted by atomic mass is 10.0. The first kappa shape index (κ1) is 14.3. The molecule has 1 aliphatic heterocycles. The standard InChI is InChI=1S/C15H22FNO2/c1-10-8-15(13(11(2)18)9-14(10)16)17(3)12-4-6-19-7-5-12/h8-9,11-12,18H,4-7H2,1-3H3. The summed E-state index contributed by atoms with van der Waals surface area (Å²) in [4.78, 5) is 2.15. The zero-order valence-corrected chi connectivity index (χ0v) is 11.8. The van der Waals surface area contributed by atoms with Gasteiger partial charge in [-0.15, -0.1) is 0 Å². The second-order valence-electron chi connectivity index (χ2n) is 5.29. The number of nitrogens with zero attached hydrogens (tertiary/aromatic N) is 1. The summed E-state index contributed by atoms with van der Waals surface area (Å²) in [6.45, 7) is 4.95. The first-order chi connectivity index (χ1) is 9.00. The molecule has 0 bridgehead atoms. The van der Waals surface area contributed by atoms with E-state index in [0.29, 0.717) is 17.2 Å². The molecule has 1 atom stereocenters. The number of hydrogen-bond donors (Lipinski definition) is 1. The Morgan fingerprint density at radius 3 is 2.58 bits per heavy atom. The van der Waals surface area contributed by atoms with Crippen LogP contribution in [0, 0.1) is 12.7 Å². The fraction of sp³-hybridized carbons (Fsp3) is 0.600. The van der Waals surface area contributed by atoms with Crippen LogP contribution in [0.4, 0.5) is 10.1 Å². The van der Waals surface area contributed by atoms with Crippen LogP contribution in [0.2, 0.25) is 0 Å². The van der Waals surface area contributed by atoms with E-state index < -0.39 is 6.10 Å². The number of hydrogen-bond acceptors (Lipinski definition) is 3. The maximum Gasteiger partial charge on any atom is 0.126 e. The summed E-state index contributed by atoms with van der Waals surface area (Å²) < 4.78 is 19.0. The van der Waals surface area contributed by atoms with Crippen molar-refractivity contribution < 1.29 is 14.2 Å². The van der Waals surface area contributed by atoms with Gasteiger partial charge in [0.1, 0.15) is 5.82 Å². The molecule has 1 heterocycles. The van der Waals surface area contributed by atoms with Crippen molar-refractivity contribution in [2.45, 2.75) is 38.8 Å². The Morgan fingerprint density at radius 2 is 2.00 bits per heavy atom. The molecule has 4 heteroatoms.